The van der Waals surface area contributed by atoms with Crippen LogP contribution in [0.2, 0.25) is 0 Å². The van der Waals surface area contributed by atoms with Crippen molar-refractivity contribution in [3.05, 3.63) is 108 Å². The molecule has 253 valence electrons. The maximum Gasteiger partial charge on any atom is 0.164 e. The van der Waals surface area contributed by atoms with Crippen molar-refractivity contribution in [2.24, 2.45) is 10.8 Å². The van der Waals surface area contributed by atoms with Crippen LogP contribution in [0.4, 0.5) is 0 Å². The molecule has 48 heavy (non-hydrogen) atoms. The number of aryl methyl sites for hydroxylation is 1. The van der Waals surface area contributed by atoms with Crippen LogP contribution in [0.5, 0.6) is 0 Å². The first kappa shape index (κ1) is 37.2. The van der Waals surface area contributed by atoms with Gasteiger partial charge in [-0.05, 0) is 65.8 Å². The number of carbonyl (C=O) groups excluding carboxylic acids is 1. The summed E-state index contributed by atoms with van der Waals surface area (Å²) in [4.78, 5) is 22.1. The number of rotatable bonds is 8. The topological polar surface area (TPSA) is 63.1 Å². The van der Waals surface area contributed by atoms with Crippen LogP contribution in [0, 0.1) is 23.8 Å². The van der Waals surface area contributed by atoms with Crippen LogP contribution in [0.25, 0.3) is 43.9 Å². The first-order valence-electron chi connectivity index (χ1n) is 17.1. The van der Waals surface area contributed by atoms with Crippen molar-refractivity contribution in [1.29, 1.82) is 0 Å². The van der Waals surface area contributed by atoms with E-state index in [1.807, 2.05) is 48.5 Å². The second-order valence-corrected chi connectivity index (χ2v) is 14.1. The van der Waals surface area contributed by atoms with Crippen LogP contribution in [0.3, 0.4) is 0 Å². The van der Waals surface area contributed by atoms with Gasteiger partial charge < -0.3 is 5.11 Å². The molecule has 1 N–H and O–H groups in total. The number of hydrogen-bond donors (Lipinski definition) is 1. The summed E-state index contributed by atoms with van der Waals surface area (Å²) in [5.41, 5.74) is 6.05. The van der Waals surface area contributed by atoms with E-state index in [0.29, 0.717) is 0 Å². The number of aliphatic hydroxyl groups excluding tert-OH is 1. The van der Waals surface area contributed by atoms with E-state index in [2.05, 4.69) is 92.7 Å². The van der Waals surface area contributed by atoms with Crippen molar-refractivity contribution in [3.8, 4) is 22.4 Å². The van der Waals surface area contributed by atoms with Gasteiger partial charge in [0.2, 0.25) is 0 Å². The number of nitrogens with zero attached hydrogens (tertiary/aromatic N) is 2. The van der Waals surface area contributed by atoms with Gasteiger partial charge in [-0.15, -0.1) is 29.1 Å². The van der Waals surface area contributed by atoms with Crippen molar-refractivity contribution < 1.29 is 30.0 Å². The summed E-state index contributed by atoms with van der Waals surface area (Å²) in [6.07, 6.45) is 4.75. The van der Waals surface area contributed by atoms with Gasteiger partial charge >= 0.3 is 0 Å². The van der Waals surface area contributed by atoms with Crippen LogP contribution < -0.4 is 0 Å². The summed E-state index contributed by atoms with van der Waals surface area (Å²) in [6.45, 7) is 18.6. The fourth-order valence-electron chi connectivity index (χ4n) is 6.69. The van der Waals surface area contributed by atoms with E-state index >= 15 is 0 Å². The standard InChI is InChI=1S/C28H21N2.C15H28O2.Ir/c1-17-29-26(21-13-12-18-8-4-5-10-20(18)16-21)24-23-15-14-19-9-6-7-11-22(19)25(23)28(2,3)27(24)30-17;1-7-14(5,8-2)12(16)11-13(17)15(6,9-3)10-4;/h4-12,14-16H,1-3H3;11,16H,7-10H2,1-6H3;/q-1;;/b;12-11-;. The molecular formula is C43H49IrN2O2-. The normalized spacial score (nSPS) is 13.7. The second-order valence-electron chi connectivity index (χ2n) is 14.1. The molecule has 0 amide bonds. The summed E-state index contributed by atoms with van der Waals surface area (Å²) in [6, 6.07) is 29.2. The molecule has 4 aromatic carbocycles. The first-order chi connectivity index (χ1) is 22.3. The molecule has 0 unspecified atom stereocenters. The van der Waals surface area contributed by atoms with Gasteiger partial charge in [0.15, 0.2) is 5.78 Å². The maximum atomic E-state index is 12.2. The van der Waals surface area contributed by atoms with Crippen LogP contribution in [-0.2, 0) is 30.3 Å². The quantitative estimate of drug-likeness (QED) is 0.0962. The van der Waals surface area contributed by atoms with Crippen LogP contribution in [0.15, 0.2) is 84.6 Å². The Hall–Kier alpha value is -3.66. The molecule has 4 nitrogen and oxygen atoms in total. The van der Waals surface area contributed by atoms with E-state index in [4.69, 9.17) is 9.97 Å². The van der Waals surface area contributed by atoms with Crippen LogP contribution in [0.1, 0.15) is 98.2 Å². The Kier molecular flexibility index (Phi) is 11.2. The summed E-state index contributed by atoms with van der Waals surface area (Å²) in [7, 11) is 0. The Morgan fingerprint density at radius 2 is 1.42 bits per heavy atom. The number of carbonyl (C=O) groups is 1. The number of benzene rings is 4. The van der Waals surface area contributed by atoms with Gasteiger partial charge in [-0.25, -0.2) is 4.98 Å². The van der Waals surface area contributed by atoms with E-state index in [9.17, 15) is 9.90 Å². The van der Waals surface area contributed by atoms with Gasteiger partial charge in [0, 0.05) is 42.4 Å². The van der Waals surface area contributed by atoms with Crippen molar-refractivity contribution in [1.82, 2.24) is 9.97 Å². The van der Waals surface area contributed by atoms with Gasteiger partial charge in [0.1, 0.15) is 11.6 Å². The molecule has 5 aromatic rings. The smallest absolute Gasteiger partial charge is 0.164 e. The summed E-state index contributed by atoms with van der Waals surface area (Å²) in [5, 5.41) is 15.1. The van der Waals surface area contributed by atoms with Crippen LogP contribution in [-0.4, -0.2) is 20.9 Å². The third-order valence-electron chi connectivity index (χ3n) is 11.0. The monoisotopic (exact) mass is 818 g/mol. The Bertz CT molecular complexity index is 1980. The van der Waals surface area contributed by atoms with Crippen molar-refractivity contribution in [2.45, 2.75) is 93.4 Å². The summed E-state index contributed by atoms with van der Waals surface area (Å²) < 4.78 is 0. The zero-order valence-corrected chi connectivity index (χ0v) is 32.3. The largest absolute Gasteiger partial charge is 0.512 e. The predicted molar refractivity (Wildman–Crippen MR) is 197 cm³/mol. The van der Waals surface area contributed by atoms with E-state index in [0.717, 1.165) is 54.0 Å². The first-order valence-corrected chi connectivity index (χ1v) is 17.1. The van der Waals surface area contributed by atoms with Gasteiger partial charge in [-0.3, -0.25) is 9.78 Å². The predicted octanol–water partition coefficient (Wildman–Crippen LogP) is 11.5. The molecule has 0 fully saturated rings. The zero-order chi connectivity index (χ0) is 34.1. The molecule has 1 aliphatic rings. The molecular weight excluding hydrogens is 769 g/mol. The van der Waals surface area contributed by atoms with Gasteiger partial charge in [0.05, 0.1) is 5.69 Å². The number of fused-ring (bicyclic) bond motifs is 6. The number of aromatic nitrogens is 2. The minimum absolute atomic E-state index is 0. The summed E-state index contributed by atoms with van der Waals surface area (Å²) >= 11 is 0. The average molecular weight is 818 g/mol. The maximum absolute atomic E-state index is 12.2. The summed E-state index contributed by atoms with van der Waals surface area (Å²) in [5.74, 6) is 1.09. The van der Waals surface area contributed by atoms with Gasteiger partial charge in [-0.2, -0.15) is 0 Å². The van der Waals surface area contributed by atoms with Gasteiger partial charge in [-0.1, -0.05) is 121 Å². The zero-order valence-electron chi connectivity index (χ0n) is 29.9. The van der Waals surface area contributed by atoms with Crippen molar-refractivity contribution in [3.63, 3.8) is 0 Å². The molecule has 0 atom stereocenters. The Balaban J connectivity index is 0.000000251. The molecule has 0 aliphatic heterocycles. The minimum atomic E-state index is -0.337. The Morgan fingerprint density at radius 3 is 2.04 bits per heavy atom. The molecule has 0 saturated heterocycles. The molecule has 0 bridgehead atoms. The second kappa shape index (κ2) is 14.4. The molecule has 1 aliphatic carbocycles. The fourth-order valence-corrected chi connectivity index (χ4v) is 6.69. The van der Waals surface area contributed by atoms with E-state index in [1.54, 1.807) is 0 Å². The number of allylic oxidation sites excluding steroid dienone is 2. The van der Waals surface area contributed by atoms with Gasteiger partial charge in [0.25, 0.3) is 0 Å². The molecule has 1 heterocycles. The number of hydrogen-bond acceptors (Lipinski definition) is 4. The molecule has 0 spiro atoms. The number of aliphatic hydroxyl groups is 1. The van der Waals surface area contributed by atoms with E-state index < -0.39 is 0 Å². The average Bonchev–Trinajstić information content (AvgIpc) is 3.33. The number of ketones is 1. The third kappa shape index (κ3) is 6.65. The van der Waals surface area contributed by atoms with E-state index in [1.165, 1.54) is 38.7 Å². The molecule has 0 saturated carbocycles. The van der Waals surface area contributed by atoms with Crippen molar-refractivity contribution >= 4 is 27.3 Å². The van der Waals surface area contributed by atoms with Crippen LogP contribution >= 0.6 is 0 Å². The molecule has 5 heteroatoms. The minimum Gasteiger partial charge on any atom is -0.512 e. The SMILES string of the molecule is CCC(C)(CC)C(=O)/C=C(\O)C(C)(CC)CC.Cc1nc(-c2[c-]cc3ccccc3c2)c2c(n1)C(C)(C)c1c-2ccc2ccccc12.[Ir]. The molecule has 1 radical (unpaired) electrons. The van der Waals surface area contributed by atoms with E-state index in [-0.39, 0.29) is 47.9 Å². The Labute approximate surface area is 300 Å². The molecule has 6 rings (SSSR count). The molecule has 1 aromatic heterocycles. The Morgan fingerprint density at radius 1 is 0.833 bits per heavy atom. The third-order valence-corrected chi connectivity index (χ3v) is 11.0. The fraction of sp³-hybridized carbons (Fsp3) is 0.372. The van der Waals surface area contributed by atoms with Crippen molar-refractivity contribution in [2.75, 3.05) is 0 Å².